The summed E-state index contributed by atoms with van der Waals surface area (Å²) in [5, 5.41) is 14.0. The van der Waals surface area contributed by atoms with Gasteiger partial charge >= 0.3 is 0 Å². The minimum atomic E-state index is 0.357. The lowest BCUT2D eigenvalue weighted by Crippen LogP contribution is -2.28. The molecule has 3 N–H and O–H groups in total. The van der Waals surface area contributed by atoms with Crippen LogP contribution in [0.25, 0.3) is 11.4 Å². The zero-order chi connectivity index (χ0) is 19.5. The standard InChI is InChI=1S/C21H26N6O/c1-13-4-5-14(2)17(10-13)21-24-18(22-16-6-8-28-9-7-16)12-19(25-21)23-20-11-15(3)26-27-20/h4-5,10-12,16H,6-9H2,1-3H3,(H3,22,23,24,25,26,27). The first-order valence-corrected chi connectivity index (χ1v) is 9.67. The van der Waals surface area contributed by atoms with Gasteiger partial charge in [-0.1, -0.05) is 17.7 Å². The molecule has 0 radical (unpaired) electrons. The third-order valence-electron chi connectivity index (χ3n) is 4.90. The smallest absolute Gasteiger partial charge is 0.164 e. The highest BCUT2D eigenvalue weighted by atomic mass is 16.5. The molecule has 1 saturated heterocycles. The summed E-state index contributed by atoms with van der Waals surface area (Å²) in [7, 11) is 0. The summed E-state index contributed by atoms with van der Waals surface area (Å²) >= 11 is 0. The van der Waals surface area contributed by atoms with Gasteiger partial charge in [-0.05, 0) is 45.2 Å². The van der Waals surface area contributed by atoms with Gasteiger partial charge in [-0.25, -0.2) is 9.97 Å². The summed E-state index contributed by atoms with van der Waals surface area (Å²) in [6, 6.07) is 10.6. The van der Waals surface area contributed by atoms with Crippen LogP contribution in [0.2, 0.25) is 0 Å². The summed E-state index contributed by atoms with van der Waals surface area (Å²) in [4.78, 5) is 9.58. The topological polar surface area (TPSA) is 87.8 Å². The average Bonchev–Trinajstić information content (AvgIpc) is 3.09. The Hall–Kier alpha value is -2.93. The first-order chi connectivity index (χ1) is 13.6. The Morgan fingerprint density at radius 3 is 2.50 bits per heavy atom. The Balaban J connectivity index is 1.70. The largest absolute Gasteiger partial charge is 0.381 e. The quantitative estimate of drug-likeness (QED) is 0.619. The Bertz CT molecular complexity index is 961. The fourth-order valence-electron chi connectivity index (χ4n) is 3.35. The summed E-state index contributed by atoms with van der Waals surface area (Å²) in [5.41, 5.74) is 4.36. The lowest BCUT2D eigenvalue weighted by molar-refractivity contribution is 0.0904. The number of hydrogen-bond acceptors (Lipinski definition) is 6. The summed E-state index contributed by atoms with van der Waals surface area (Å²) in [6.45, 7) is 7.70. The van der Waals surface area contributed by atoms with E-state index in [4.69, 9.17) is 14.7 Å². The Morgan fingerprint density at radius 1 is 0.964 bits per heavy atom. The SMILES string of the molecule is Cc1ccc(C)c(-c2nc(Nc3cc(C)[nH]n3)cc(NC3CCOCC3)n2)c1. The number of ether oxygens (including phenoxy) is 1. The molecule has 0 atom stereocenters. The zero-order valence-corrected chi connectivity index (χ0v) is 16.5. The number of anilines is 3. The van der Waals surface area contributed by atoms with Gasteiger partial charge in [-0.3, -0.25) is 5.10 Å². The minimum absolute atomic E-state index is 0.357. The third-order valence-corrected chi connectivity index (χ3v) is 4.90. The van der Waals surface area contributed by atoms with E-state index in [1.54, 1.807) is 0 Å². The van der Waals surface area contributed by atoms with Gasteiger partial charge in [0, 0.05) is 42.6 Å². The molecule has 0 saturated carbocycles. The lowest BCUT2D eigenvalue weighted by atomic mass is 10.1. The van der Waals surface area contributed by atoms with E-state index in [1.165, 1.54) is 5.56 Å². The molecule has 0 spiro atoms. The van der Waals surface area contributed by atoms with E-state index in [0.29, 0.717) is 17.7 Å². The van der Waals surface area contributed by atoms with Crippen molar-refractivity contribution in [3.63, 3.8) is 0 Å². The van der Waals surface area contributed by atoms with Crippen LogP contribution in [-0.4, -0.2) is 39.4 Å². The second-order valence-corrected chi connectivity index (χ2v) is 7.37. The molecule has 3 aromatic rings. The van der Waals surface area contributed by atoms with E-state index in [0.717, 1.165) is 54.5 Å². The maximum atomic E-state index is 5.47. The lowest BCUT2D eigenvalue weighted by Gasteiger charge is -2.24. The number of H-pyrrole nitrogens is 1. The van der Waals surface area contributed by atoms with E-state index in [1.807, 2.05) is 19.1 Å². The monoisotopic (exact) mass is 378 g/mol. The van der Waals surface area contributed by atoms with Crippen molar-refractivity contribution in [2.75, 3.05) is 23.8 Å². The molecule has 1 aliphatic heterocycles. The number of rotatable bonds is 5. The molecule has 7 nitrogen and oxygen atoms in total. The number of benzene rings is 1. The van der Waals surface area contributed by atoms with Gasteiger partial charge in [-0.15, -0.1) is 0 Å². The number of aromatic nitrogens is 4. The number of nitrogens with zero attached hydrogens (tertiary/aromatic N) is 3. The van der Waals surface area contributed by atoms with E-state index >= 15 is 0 Å². The van der Waals surface area contributed by atoms with E-state index in [9.17, 15) is 0 Å². The first kappa shape index (κ1) is 18.4. The van der Waals surface area contributed by atoms with E-state index < -0.39 is 0 Å². The van der Waals surface area contributed by atoms with Crippen LogP contribution in [0, 0.1) is 20.8 Å². The van der Waals surface area contributed by atoms with Gasteiger partial charge in [0.15, 0.2) is 11.6 Å². The Labute approximate surface area is 165 Å². The van der Waals surface area contributed by atoms with Crippen LogP contribution >= 0.6 is 0 Å². The predicted molar refractivity (Wildman–Crippen MR) is 111 cm³/mol. The zero-order valence-electron chi connectivity index (χ0n) is 16.5. The van der Waals surface area contributed by atoms with Crippen molar-refractivity contribution in [1.82, 2.24) is 20.2 Å². The molecule has 4 rings (SSSR count). The van der Waals surface area contributed by atoms with Crippen LogP contribution in [0.3, 0.4) is 0 Å². The molecule has 3 heterocycles. The van der Waals surface area contributed by atoms with Crippen molar-refractivity contribution < 1.29 is 4.74 Å². The first-order valence-electron chi connectivity index (χ1n) is 9.67. The molecule has 0 bridgehead atoms. The highest BCUT2D eigenvalue weighted by molar-refractivity contribution is 5.67. The molecule has 0 unspecified atom stereocenters. The van der Waals surface area contributed by atoms with Gasteiger partial charge in [0.2, 0.25) is 0 Å². The summed E-state index contributed by atoms with van der Waals surface area (Å²) in [6.07, 6.45) is 1.95. The van der Waals surface area contributed by atoms with E-state index in [2.05, 4.69) is 52.9 Å². The fraction of sp³-hybridized carbons (Fsp3) is 0.381. The molecule has 2 aromatic heterocycles. The molecule has 146 valence electrons. The number of nitrogens with one attached hydrogen (secondary N) is 3. The van der Waals surface area contributed by atoms with Gasteiger partial charge in [0.25, 0.3) is 0 Å². The molecule has 28 heavy (non-hydrogen) atoms. The molecular formula is C21H26N6O. The van der Waals surface area contributed by atoms with Crippen molar-refractivity contribution in [2.45, 2.75) is 39.7 Å². The van der Waals surface area contributed by atoms with E-state index in [-0.39, 0.29) is 0 Å². The highest BCUT2D eigenvalue weighted by Gasteiger charge is 2.16. The summed E-state index contributed by atoms with van der Waals surface area (Å²) < 4.78 is 5.47. The maximum absolute atomic E-state index is 5.47. The van der Waals surface area contributed by atoms with Crippen molar-refractivity contribution in [3.05, 3.63) is 47.2 Å². The summed E-state index contributed by atoms with van der Waals surface area (Å²) in [5.74, 6) is 2.97. The fourth-order valence-corrected chi connectivity index (χ4v) is 3.35. The highest BCUT2D eigenvalue weighted by Crippen LogP contribution is 2.26. The van der Waals surface area contributed by atoms with Gasteiger partial charge < -0.3 is 15.4 Å². The normalized spacial score (nSPS) is 14.8. The van der Waals surface area contributed by atoms with Crippen LogP contribution in [0.5, 0.6) is 0 Å². The van der Waals surface area contributed by atoms with Crippen molar-refractivity contribution in [3.8, 4) is 11.4 Å². The van der Waals surface area contributed by atoms with Crippen LogP contribution in [0.4, 0.5) is 17.5 Å². The molecule has 0 amide bonds. The molecule has 0 aliphatic carbocycles. The molecule has 1 aromatic carbocycles. The van der Waals surface area contributed by atoms with Crippen LogP contribution in [-0.2, 0) is 4.74 Å². The molecule has 1 fully saturated rings. The van der Waals surface area contributed by atoms with Crippen LogP contribution in [0.15, 0.2) is 30.3 Å². The molecule has 1 aliphatic rings. The Kier molecular flexibility index (Phi) is 5.25. The second kappa shape index (κ2) is 7.98. The van der Waals surface area contributed by atoms with Crippen molar-refractivity contribution in [1.29, 1.82) is 0 Å². The third kappa shape index (κ3) is 4.31. The Morgan fingerprint density at radius 2 is 1.75 bits per heavy atom. The van der Waals surface area contributed by atoms with Gasteiger partial charge in [0.05, 0.1) is 0 Å². The van der Waals surface area contributed by atoms with Crippen molar-refractivity contribution >= 4 is 17.5 Å². The number of aryl methyl sites for hydroxylation is 3. The molecule has 7 heteroatoms. The van der Waals surface area contributed by atoms with Gasteiger partial charge in [0.1, 0.15) is 11.6 Å². The minimum Gasteiger partial charge on any atom is -0.381 e. The molecular weight excluding hydrogens is 352 g/mol. The maximum Gasteiger partial charge on any atom is 0.164 e. The number of hydrogen-bond donors (Lipinski definition) is 3. The predicted octanol–water partition coefficient (Wildman–Crippen LogP) is 4.13. The van der Waals surface area contributed by atoms with Gasteiger partial charge in [-0.2, -0.15) is 5.10 Å². The van der Waals surface area contributed by atoms with Crippen LogP contribution < -0.4 is 10.6 Å². The average molecular weight is 378 g/mol. The number of aromatic amines is 1. The van der Waals surface area contributed by atoms with Crippen LogP contribution in [0.1, 0.15) is 29.7 Å². The second-order valence-electron chi connectivity index (χ2n) is 7.37. The van der Waals surface area contributed by atoms with Crippen molar-refractivity contribution in [2.24, 2.45) is 0 Å².